The van der Waals surface area contributed by atoms with E-state index in [1.54, 1.807) is 0 Å². The Bertz CT molecular complexity index is 994. The number of nitrogens with zero attached hydrogens (tertiary/aromatic N) is 2. The molecule has 1 amide bonds. The Morgan fingerprint density at radius 1 is 1.04 bits per heavy atom. The fourth-order valence-electron chi connectivity index (χ4n) is 3.69. The summed E-state index contributed by atoms with van der Waals surface area (Å²) in [5.74, 6) is 0.906. The maximum absolute atomic E-state index is 12.8. The van der Waals surface area contributed by atoms with Crippen molar-refractivity contribution in [3.63, 3.8) is 0 Å². The van der Waals surface area contributed by atoms with Gasteiger partial charge in [0.25, 0.3) is 5.91 Å². The summed E-state index contributed by atoms with van der Waals surface area (Å²) in [4.78, 5) is 19.9. The Morgan fingerprint density at radius 3 is 2.65 bits per heavy atom. The number of hydrogen-bond donors (Lipinski definition) is 1. The lowest BCUT2D eigenvalue weighted by atomic mass is 9.99. The minimum atomic E-state index is 0.0183. The zero-order valence-electron chi connectivity index (χ0n) is 14.6. The molecule has 1 fully saturated rings. The van der Waals surface area contributed by atoms with Gasteiger partial charge in [0.1, 0.15) is 5.82 Å². The minimum absolute atomic E-state index is 0.0183. The summed E-state index contributed by atoms with van der Waals surface area (Å²) in [6.07, 6.45) is 3.18. The average Bonchev–Trinajstić information content (AvgIpc) is 3.50. The second kappa shape index (κ2) is 6.13. The summed E-state index contributed by atoms with van der Waals surface area (Å²) in [5, 5.41) is 4.05. The van der Waals surface area contributed by atoms with Crippen molar-refractivity contribution in [2.75, 3.05) is 11.4 Å². The number of para-hydroxylation sites is 1. The Hall–Kier alpha value is -2.88. The van der Waals surface area contributed by atoms with Gasteiger partial charge >= 0.3 is 0 Å². The molecule has 0 radical (unpaired) electrons. The molecule has 0 unspecified atom stereocenters. The second-order valence-electron chi connectivity index (χ2n) is 7.23. The summed E-state index contributed by atoms with van der Waals surface area (Å²) in [6, 6.07) is 18.8. The molecule has 0 atom stereocenters. The highest BCUT2D eigenvalue weighted by atomic mass is 16.1. The van der Waals surface area contributed by atoms with Crippen LogP contribution in [0.15, 0.2) is 54.6 Å². The van der Waals surface area contributed by atoms with Crippen molar-refractivity contribution in [1.29, 1.82) is 0 Å². The third-order valence-corrected chi connectivity index (χ3v) is 5.31. The van der Waals surface area contributed by atoms with Gasteiger partial charge in [-0.1, -0.05) is 42.5 Å². The minimum Gasteiger partial charge on any atom is -0.352 e. The Labute approximate surface area is 152 Å². The van der Waals surface area contributed by atoms with Gasteiger partial charge in [0.2, 0.25) is 0 Å². The Kier molecular flexibility index (Phi) is 3.63. The molecule has 1 saturated carbocycles. The summed E-state index contributed by atoms with van der Waals surface area (Å²) in [7, 11) is 0. The first-order valence-corrected chi connectivity index (χ1v) is 9.30. The normalized spacial score (nSPS) is 16.4. The molecule has 130 valence electrons. The Balaban J connectivity index is 1.55. The number of fused-ring (bicyclic) bond motifs is 2. The molecular formula is C22H21N3O. The standard InChI is InChI=1S/C22H21N3O/c26-22(23-17-9-10-17)19-13-21(24-20-8-4-3-7-18(19)20)25-12-11-15-5-1-2-6-16(15)14-25/h1-8,13,17H,9-12,14H2,(H,23,26). The van der Waals surface area contributed by atoms with Crippen molar-refractivity contribution >= 4 is 22.6 Å². The lowest BCUT2D eigenvalue weighted by Crippen LogP contribution is -2.32. The molecule has 0 saturated heterocycles. The molecule has 0 spiro atoms. The molecule has 0 bridgehead atoms. The van der Waals surface area contributed by atoms with E-state index in [0.29, 0.717) is 6.04 Å². The van der Waals surface area contributed by atoms with Crippen LogP contribution in [0, 0.1) is 0 Å². The van der Waals surface area contributed by atoms with Crippen LogP contribution in [0.2, 0.25) is 0 Å². The number of aromatic nitrogens is 1. The van der Waals surface area contributed by atoms with Crippen LogP contribution in [0.5, 0.6) is 0 Å². The summed E-state index contributed by atoms with van der Waals surface area (Å²) in [5.41, 5.74) is 4.37. The Morgan fingerprint density at radius 2 is 1.81 bits per heavy atom. The van der Waals surface area contributed by atoms with E-state index in [1.807, 2.05) is 30.3 Å². The van der Waals surface area contributed by atoms with Crippen molar-refractivity contribution < 1.29 is 4.79 Å². The molecule has 4 heteroatoms. The van der Waals surface area contributed by atoms with E-state index >= 15 is 0 Å². The second-order valence-corrected chi connectivity index (χ2v) is 7.23. The van der Waals surface area contributed by atoms with Gasteiger partial charge in [-0.2, -0.15) is 0 Å². The highest BCUT2D eigenvalue weighted by Gasteiger charge is 2.26. The van der Waals surface area contributed by atoms with Crippen molar-refractivity contribution in [2.24, 2.45) is 0 Å². The van der Waals surface area contributed by atoms with Crippen LogP contribution >= 0.6 is 0 Å². The van der Waals surface area contributed by atoms with E-state index < -0.39 is 0 Å². The van der Waals surface area contributed by atoms with E-state index in [0.717, 1.165) is 54.6 Å². The maximum atomic E-state index is 12.8. The van der Waals surface area contributed by atoms with Gasteiger partial charge in [0, 0.05) is 24.5 Å². The predicted molar refractivity (Wildman–Crippen MR) is 103 cm³/mol. The fraction of sp³-hybridized carbons (Fsp3) is 0.273. The van der Waals surface area contributed by atoms with E-state index in [2.05, 4.69) is 34.5 Å². The van der Waals surface area contributed by atoms with Gasteiger partial charge < -0.3 is 10.2 Å². The van der Waals surface area contributed by atoms with E-state index in [-0.39, 0.29) is 5.91 Å². The molecule has 2 aromatic carbocycles. The summed E-state index contributed by atoms with van der Waals surface area (Å²) in [6.45, 7) is 1.76. The number of nitrogens with one attached hydrogen (secondary N) is 1. The lowest BCUT2D eigenvalue weighted by molar-refractivity contribution is 0.0952. The van der Waals surface area contributed by atoms with Crippen LogP contribution in [-0.2, 0) is 13.0 Å². The largest absolute Gasteiger partial charge is 0.352 e. The zero-order valence-corrected chi connectivity index (χ0v) is 14.6. The molecule has 1 N–H and O–H groups in total. The predicted octanol–water partition coefficient (Wildman–Crippen LogP) is 3.69. The molecule has 2 aliphatic rings. The third kappa shape index (κ3) is 2.81. The molecule has 26 heavy (non-hydrogen) atoms. The molecule has 5 rings (SSSR count). The highest BCUT2D eigenvalue weighted by molar-refractivity contribution is 6.07. The summed E-state index contributed by atoms with van der Waals surface area (Å²) >= 11 is 0. The molecule has 1 aliphatic heterocycles. The summed E-state index contributed by atoms with van der Waals surface area (Å²) < 4.78 is 0. The number of pyridine rings is 1. The first kappa shape index (κ1) is 15.4. The van der Waals surface area contributed by atoms with E-state index in [4.69, 9.17) is 4.98 Å². The van der Waals surface area contributed by atoms with Crippen molar-refractivity contribution in [3.8, 4) is 0 Å². The van der Waals surface area contributed by atoms with Crippen LogP contribution < -0.4 is 10.2 Å². The number of carbonyl (C=O) groups is 1. The number of rotatable bonds is 3. The fourth-order valence-corrected chi connectivity index (χ4v) is 3.69. The van der Waals surface area contributed by atoms with E-state index in [9.17, 15) is 4.79 Å². The molecular weight excluding hydrogens is 322 g/mol. The average molecular weight is 343 g/mol. The molecule has 4 nitrogen and oxygen atoms in total. The zero-order chi connectivity index (χ0) is 17.5. The van der Waals surface area contributed by atoms with Crippen molar-refractivity contribution in [2.45, 2.75) is 31.8 Å². The van der Waals surface area contributed by atoms with E-state index in [1.165, 1.54) is 11.1 Å². The van der Waals surface area contributed by atoms with Gasteiger partial charge in [-0.05, 0) is 42.5 Å². The molecule has 2 heterocycles. The van der Waals surface area contributed by atoms with Crippen molar-refractivity contribution in [3.05, 3.63) is 71.3 Å². The van der Waals surface area contributed by atoms with Crippen LogP contribution in [0.25, 0.3) is 10.9 Å². The van der Waals surface area contributed by atoms with Gasteiger partial charge in [0.15, 0.2) is 0 Å². The topological polar surface area (TPSA) is 45.2 Å². The lowest BCUT2D eigenvalue weighted by Gasteiger charge is -2.30. The van der Waals surface area contributed by atoms with Crippen LogP contribution in [0.4, 0.5) is 5.82 Å². The maximum Gasteiger partial charge on any atom is 0.252 e. The van der Waals surface area contributed by atoms with Crippen LogP contribution in [0.3, 0.4) is 0 Å². The van der Waals surface area contributed by atoms with Crippen molar-refractivity contribution in [1.82, 2.24) is 10.3 Å². The SMILES string of the molecule is O=C(NC1CC1)c1cc(N2CCc3ccccc3C2)nc2ccccc12. The van der Waals surface area contributed by atoms with Crippen LogP contribution in [-0.4, -0.2) is 23.5 Å². The van der Waals surface area contributed by atoms with Gasteiger partial charge in [-0.25, -0.2) is 4.98 Å². The number of carbonyl (C=O) groups excluding carboxylic acids is 1. The third-order valence-electron chi connectivity index (χ3n) is 5.31. The smallest absolute Gasteiger partial charge is 0.252 e. The molecule has 1 aromatic heterocycles. The number of amides is 1. The first-order valence-electron chi connectivity index (χ1n) is 9.30. The van der Waals surface area contributed by atoms with Crippen LogP contribution in [0.1, 0.15) is 34.3 Å². The van der Waals surface area contributed by atoms with Gasteiger partial charge in [-0.3, -0.25) is 4.79 Å². The quantitative estimate of drug-likeness (QED) is 0.789. The van der Waals surface area contributed by atoms with Gasteiger partial charge in [0.05, 0.1) is 11.1 Å². The number of hydrogen-bond acceptors (Lipinski definition) is 3. The number of anilines is 1. The number of benzene rings is 2. The molecule has 3 aromatic rings. The monoisotopic (exact) mass is 343 g/mol. The van der Waals surface area contributed by atoms with Gasteiger partial charge in [-0.15, -0.1) is 0 Å². The highest BCUT2D eigenvalue weighted by Crippen LogP contribution is 2.28. The molecule has 1 aliphatic carbocycles. The first-order chi connectivity index (χ1) is 12.8.